The number of aromatic nitrogens is 3. The summed E-state index contributed by atoms with van der Waals surface area (Å²) >= 11 is 0. The number of rotatable bonds is 7. The van der Waals surface area contributed by atoms with Gasteiger partial charge >= 0.3 is 0 Å². The molecule has 0 saturated heterocycles. The van der Waals surface area contributed by atoms with Gasteiger partial charge in [-0.2, -0.15) is 0 Å². The summed E-state index contributed by atoms with van der Waals surface area (Å²) in [6.07, 6.45) is 6.57. The first-order chi connectivity index (χ1) is 12.5. The van der Waals surface area contributed by atoms with Crippen molar-refractivity contribution in [2.45, 2.75) is 51.3 Å². The van der Waals surface area contributed by atoms with Crippen LogP contribution in [0.25, 0.3) is 0 Å². The second-order valence-corrected chi connectivity index (χ2v) is 7.08. The van der Waals surface area contributed by atoms with E-state index in [1.165, 1.54) is 12.4 Å². The zero-order valence-electron chi connectivity index (χ0n) is 15.1. The van der Waals surface area contributed by atoms with Crippen LogP contribution in [0.2, 0.25) is 0 Å². The highest BCUT2D eigenvalue weighted by molar-refractivity contribution is 5.93. The number of hydrogen-bond acceptors (Lipinski definition) is 6. The van der Waals surface area contributed by atoms with Gasteiger partial charge in [0.2, 0.25) is 5.95 Å². The number of hydrogen-bond donors (Lipinski definition) is 3. The fourth-order valence-corrected chi connectivity index (χ4v) is 3.07. The fourth-order valence-electron chi connectivity index (χ4n) is 3.07. The van der Waals surface area contributed by atoms with E-state index in [0.29, 0.717) is 30.8 Å². The van der Waals surface area contributed by atoms with Gasteiger partial charge in [0.1, 0.15) is 0 Å². The number of aliphatic hydroxyl groups is 1. The third kappa shape index (κ3) is 4.76. The molecular weight excluding hydrogens is 330 g/mol. The molecule has 26 heavy (non-hydrogen) atoms. The second kappa shape index (κ2) is 8.23. The molecule has 2 heterocycles. The molecular formula is C19H25N5O2. The lowest BCUT2D eigenvalue weighted by Crippen LogP contribution is -2.48. The number of carbonyl (C=O) groups excluding carboxylic acids is 1. The third-order valence-corrected chi connectivity index (χ3v) is 4.52. The lowest BCUT2D eigenvalue weighted by Gasteiger charge is -2.38. The van der Waals surface area contributed by atoms with Crippen LogP contribution in [-0.4, -0.2) is 44.2 Å². The zero-order valence-corrected chi connectivity index (χ0v) is 15.1. The van der Waals surface area contributed by atoms with Crippen molar-refractivity contribution in [2.24, 2.45) is 5.92 Å². The topological polar surface area (TPSA) is 100 Å². The van der Waals surface area contributed by atoms with Crippen molar-refractivity contribution < 1.29 is 9.90 Å². The molecule has 2 aromatic rings. The van der Waals surface area contributed by atoms with Crippen molar-refractivity contribution in [3.63, 3.8) is 0 Å². The molecule has 3 rings (SSSR count). The Labute approximate surface area is 153 Å². The fraction of sp³-hybridized carbons (Fsp3) is 0.474. The Bertz CT molecular complexity index is 714. The van der Waals surface area contributed by atoms with E-state index in [1.807, 2.05) is 32.0 Å². The van der Waals surface area contributed by atoms with Gasteiger partial charge in [-0.3, -0.25) is 9.78 Å². The molecule has 3 N–H and O–H groups in total. The highest BCUT2D eigenvalue weighted by Gasteiger charge is 2.35. The van der Waals surface area contributed by atoms with Gasteiger partial charge in [-0.25, -0.2) is 9.97 Å². The Morgan fingerprint density at radius 3 is 2.54 bits per heavy atom. The molecule has 7 nitrogen and oxygen atoms in total. The molecule has 138 valence electrons. The maximum absolute atomic E-state index is 12.6. The maximum Gasteiger partial charge on any atom is 0.254 e. The van der Waals surface area contributed by atoms with Crippen molar-refractivity contribution in [3.05, 3.63) is 48.0 Å². The predicted octanol–water partition coefficient (Wildman–Crippen LogP) is 1.80. The highest BCUT2D eigenvalue weighted by Crippen LogP contribution is 2.31. The second-order valence-electron chi connectivity index (χ2n) is 7.08. The van der Waals surface area contributed by atoms with E-state index in [1.54, 1.807) is 6.20 Å². The van der Waals surface area contributed by atoms with Crippen LogP contribution in [0.5, 0.6) is 0 Å². The van der Waals surface area contributed by atoms with Gasteiger partial charge in [0.05, 0.1) is 11.7 Å². The van der Waals surface area contributed by atoms with Crippen LogP contribution >= 0.6 is 0 Å². The molecule has 0 spiro atoms. The molecule has 1 aliphatic rings. The van der Waals surface area contributed by atoms with E-state index in [2.05, 4.69) is 25.6 Å². The average molecular weight is 355 g/mol. The average Bonchev–Trinajstić information content (AvgIpc) is 2.59. The highest BCUT2D eigenvalue weighted by atomic mass is 16.3. The van der Waals surface area contributed by atoms with E-state index < -0.39 is 0 Å². The van der Waals surface area contributed by atoms with Crippen molar-refractivity contribution >= 4 is 11.9 Å². The standard InChI is InChI=1S/C19H25N5O2/c1-12(2)23-19-21-10-14(11-22-19)18(26)24-17(13-7-16(25)8-13)9-15-5-3-4-6-20-15/h3-6,10-13,16-17,25H,7-9H2,1-2H3,(H,24,26)(H,21,22,23)/t13?,16?,17-/m0/s1. The number of pyridine rings is 1. The number of nitrogens with zero attached hydrogens (tertiary/aromatic N) is 3. The normalized spacial score (nSPS) is 20.3. The Hall–Kier alpha value is -2.54. The number of anilines is 1. The summed E-state index contributed by atoms with van der Waals surface area (Å²) in [6.45, 7) is 4.00. The van der Waals surface area contributed by atoms with Crippen LogP contribution in [0.15, 0.2) is 36.8 Å². The number of nitrogens with one attached hydrogen (secondary N) is 2. The van der Waals surface area contributed by atoms with Crippen LogP contribution in [0.4, 0.5) is 5.95 Å². The molecule has 1 atom stereocenters. The molecule has 0 aliphatic heterocycles. The van der Waals surface area contributed by atoms with E-state index in [4.69, 9.17) is 0 Å². The van der Waals surface area contributed by atoms with Crippen molar-refractivity contribution in [2.75, 3.05) is 5.32 Å². The van der Waals surface area contributed by atoms with E-state index >= 15 is 0 Å². The first-order valence-electron chi connectivity index (χ1n) is 8.98. The molecule has 1 fully saturated rings. The summed E-state index contributed by atoms with van der Waals surface area (Å²) in [5.74, 6) is 0.547. The van der Waals surface area contributed by atoms with Gasteiger partial charge in [-0.05, 0) is 44.7 Å². The summed E-state index contributed by atoms with van der Waals surface area (Å²) in [6, 6.07) is 5.90. The minimum absolute atomic E-state index is 0.0748. The van der Waals surface area contributed by atoms with Gasteiger partial charge < -0.3 is 15.7 Å². The minimum Gasteiger partial charge on any atom is -0.393 e. The summed E-state index contributed by atoms with van der Waals surface area (Å²) in [4.78, 5) is 25.3. The molecule has 0 aromatic carbocycles. The molecule has 0 bridgehead atoms. The maximum atomic E-state index is 12.6. The van der Waals surface area contributed by atoms with Gasteiger partial charge in [-0.1, -0.05) is 6.07 Å². The largest absolute Gasteiger partial charge is 0.393 e. The Morgan fingerprint density at radius 2 is 1.96 bits per heavy atom. The minimum atomic E-state index is -0.271. The lowest BCUT2D eigenvalue weighted by atomic mass is 9.76. The van der Waals surface area contributed by atoms with Crippen LogP contribution in [0.3, 0.4) is 0 Å². The lowest BCUT2D eigenvalue weighted by molar-refractivity contribution is 0.0237. The first kappa shape index (κ1) is 18.3. The smallest absolute Gasteiger partial charge is 0.254 e. The molecule has 0 radical (unpaired) electrons. The van der Waals surface area contributed by atoms with Crippen LogP contribution in [0, 0.1) is 5.92 Å². The predicted molar refractivity (Wildman–Crippen MR) is 98.7 cm³/mol. The SMILES string of the molecule is CC(C)Nc1ncc(C(=O)N[C@@H](Cc2ccccn2)C2CC(O)C2)cn1. The zero-order chi connectivity index (χ0) is 18.5. The van der Waals surface area contributed by atoms with Gasteiger partial charge in [0.15, 0.2) is 0 Å². The molecule has 1 aliphatic carbocycles. The number of aliphatic hydroxyl groups excluding tert-OH is 1. The molecule has 0 unspecified atom stereocenters. The molecule has 7 heteroatoms. The summed E-state index contributed by atoms with van der Waals surface area (Å²) in [5, 5.41) is 15.8. The summed E-state index contributed by atoms with van der Waals surface area (Å²) < 4.78 is 0. The molecule has 1 saturated carbocycles. The van der Waals surface area contributed by atoms with E-state index in [9.17, 15) is 9.90 Å². The van der Waals surface area contributed by atoms with E-state index in [0.717, 1.165) is 5.69 Å². The van der Waals surface area contributed by atoms with Crippen LogP contribution in [-0.2, 0) is 6.42 Å². The van der Waals surface area contributed by atoms with Crippen molar-refractivity contribution in [1.82, 2.24) is 20.3 Å². The van der Waals surface area contributed by atoms with Crippen molar-refractivity contribution in [1.29, 1.82) is 0 Å². The molecule has 1 amide bonds. The van der Waals surface area contributed by atoms with Crippen molar-refractivity contribution in [3.8, 4) is 0 Å². The van der Waals surface area contributed by atoms with Gasteiger partial charge in [0.25, 0.3) is 5.91 Å². The van der Waals surface area contributed by atoms with Gasteiger partial charge in [0, 0.05) is 42.8 Å². The summed E-state index contributed by atoms with van der Waals surface area (Å²) in [7, 11) is 0. The first-order valence-corrected chi connectivity index (χ1v) is 8.98. The van der Waals surface area contributed by atoms with Gasteiger partial charge in [-0.15, -0.1) is 0 Å². The Balaban J connectivity index is 1.66. The van der Waals surface area contributed by atoms with E-state index in [-0.39, 0.29) is 30.0 Å². The monoisotopic (exact) mass is 355 g/mol. The Morgan fingerprint density at radius 1 is 1.23 bits per heavy atom. The number of carbonyl (C=O) groups is 1. The third-order valence-electron chi connectivity index (χ3n) is 4.52. The quantitative estimate of drug-likeness (QED) is 0.700. The number of amides is 1. The molecule has 2 aromatic heterocycles. The van der Waals surface area contributed by atoms with Crippen LogP contribution in [0.1, 0.15) is 42.7 Å². The Kier molecular flexibility index (Phi) is 5.78. The summed E-state index contributed by atoms with van der Waals surface area (Å²) in [5.41, 5.74) is 1.34. The van der Waals surface area contributed by atoms with Crippen LogP contribution < -0.4 is 10.6 Å².